The van der Waals surface area contributed by atoms with Gasteiger partial charge in [-0.3, -0.25) is 4.79 Å². The summed E-state index contributed by atoms with van der Waals surface area (Å²) in [5.74, 6) is -2.20. The number of nitrogens with zero attached hydrogens (tertiary/aromatic N) is 3. The molecule has 7 heteroatoms. The summed E-state index contributed by atoms with van der Waals surface area (Å²) in [4.78, 5) is 15.2. The van der Waals surface area contributed by atoms with E-state index in [-0.39, 0.29) is 12.1 Å². The molecular formula is C14H11F2N3OS. The average molecular weight is 307 g/mol. The molecule has 0 saturated carbocycles. The van der Waals surface area contributed by atoms with Gasteiger partial charge in [-0.1, -0.05) is 10.6 Å². The summed E-state index contributed by atoms with van der Waals surface area (Å²) in [6.45, 7) is 0. The molecule has 21 heavy (non-hydrogen) atoms. The van der Waals surface area contributed by atoms with E-state index < -0.39 is 23.1 Å². The second-order valence-electron chi connectivity index (χ2n) is 5.34. The second kappa shape index (κ2) is 4.56. The number of fused-ring (bicyclic) bond motifs is 4. The molecule has 2 aromatic rings. The van der Waals surface area contributed by atoms with Crippen molar-refractivity contribution in [2.45, 2.75) is 31.3 Å². The molecule has 0 radical (unpaired) electrons. The van der Waals surface area contributed by atoms with Crippen LogP contribution in [0.5, 0.6) is 0 Å². The van der Waals surface area contributed by atoms with Gasteiger partial charge < -0.3 is 4.90 Å². The van der Waals surface area contributed by atoms with Crippen molar-refractivity contribution in [2.24, 2.45) is 0 Å². The number of rotatable bonds is 1. The van der Waals surface area contributed by atoms with Gasteiger partial charge in [-0.15, -0.1) is 5.10 Å². The Hall–Kier alpha value is -1.89. The van der Waals surface area contributed by atoms with Crippen LogP contribution in [0.4, 0.5) is 8.78 Å². The lowest BCUT2D eigenvalue weighted by Crippen LogP contribution is -2.42. The Morgan fingerprint density at radius 3 is 2.81 bits per heavy atom. The minimum absolute atomic E-state index is 0.0436. The lowest BCUT2D eigenvalue weighted by molar-refractivity contribution is 0.0638. The number of benzene rings is 1. The summed E-state index contributed by atoms with van der Waals surface area (Å²) in [5, 5.41) is 4.08. The predicted molar refractivity (Wildman–Crippen MR) is 71.9 cm³/mol. The first kappa shape index (κ1) is 12.8. The largest absolute Gasteiger partial charge is 0.327 e. The van der Waals surface area contributed by atoms with Gasteiger partial charge >= 0.3 is 0 Å². The smallest absolute Gasteiger partial charge is 0.260 e. The van der Waals surface area contributed by atoms with Crippen molar-refractivity contribution < 1.29 is 13.6 Å². The molecule has 108 valence electrons. The molecule has 1 aromatic carbocycles. The molecule has 1 saturated heterocycles. The molecule has 2 bridgehead atoms. The molecule has 2 atom stereocenters. The van der Waals surface area contributed by atoms with Gasteiger partial charge in [0.25, 0.3) is 5.91 Å². The van der Waals surface area contributed by atoms with E-state index >= 15 is 0 Å². The molecule has 1 fully saturated rings. The maximum absolute atomic E-state index is 13.9. The van der Waals surface area contributed by atoms with E-state index in [1.54, 1.807) is 4.90 Å². The van der Waals surface area contributed by atoms with Crippen molar-refractivity contribution in [3.8, 4) is 0 Å². The van der Waals surface area contributed by atoms with Crippen LogP contribution in [0, 0.1) is 11.6 Å². The number of aromatic nitrogens is 2. The van der Waals surface area contributed by atoms with Crippen molar-refractivity contribution in [3.05, 3.63) is 46.0 Å². The fraction of sp³-hybridized carbons (Fsp3) is 0.357. The van der Waals surface area contributed by atoms with Crippen LogP contribution in [0.15, 0.2) is 18.2 Å². The number of halogens is 2. The van der Waals surface area contributed by atoms with E-state index in [9.17, 15) is 13.6 Å². The fourth-order valence-electron chi connectivity index (χ4n) is 3.31. The monoisotopic (exact) mass is 307 g/mol. The van der Waals surface area contributed by atoms with Gasteiger partial charge in [-0.05, 0) is 36.5 Å². The number of hydrogen-bond acceptors (Lipinski definition) is 4. The molecule has 0 aliphatic carbocycles. The van der Waals surface area contributed by atoms with E-state index in [0.29, 0.717) is 6.42 Å². The van der Waals surface area contributed by atoms with Crippen molar-refractivity contribution >= 4 is 17.4 Å². The highest BCUT2D eigenvalue weighted by Crippen LogP contribution is 2.45. The zero-order valence-corrected chi connectivity index (χ0v) is 11.7. The molecule has 3 heterocycles. The summed E-state index contributed by atoms with van der Waals surface area (Å²) >= 11 is 1.27. The van der Waals surface area contributed by atoms with Gasteiger partial charge in [0.1, 0.15) is 17.2 Å². The Labute approximate surface area is 123 Å². The third-order valence-electron chi connectivity index (χ3n) is 4.23. The molecule has 1 amide bonds. The van der Waals surface area contributed by atoms with Crippen molar-refractivity contribution in [1.82, 2.24) is 14.5 Å². The van der Waals surface area contributed by atoms with Crippen molar-refractivity contribution in [2.75, 3.05) is 0 Å². The molecular weight excluding hydrogens is 296 g/mol. The van der Waals surface area contributed by atoms with Gasteiger partial charge in [0.05, 0.1) is 16.6 Å². The third-order valence-corrected chi connectivity index (χ3v) is 5.10. The van der Waals surface area contributed by atoms with Crippen LogP contribution in [-0.4, -0.2) is 26.4 Å². The molecule has 0 N–H and O–H groups in total. The number of carbonyl (C=O) groups is 1. The van der Waals surface area contributed by atoms with Crippen molar-refractivity contribution in [3.63, 3.8) is 0 Å². The topological polar surface area (TPSA) is 46.1 Å². The summed E-state index contributed by atoms with van der Waals surface area (Å²) in [5.41, 5.74) is 0.459. The molecule has 1 aromatic heterocycles. The zero-order chi connectivity index (χ0) is 14.6. The molecule has 0 spiro atoms. The first-order chi connectivity index (χ1) is 10.2. The normalized spacial score (nSPS) is 23.2. The number of carbonyl (C=O) groups excluding carboxylic acids is 1. The van der Waals surface area contributed by atoms with E-state index in [1.165, 1.54) is 17.6 Å². The minimum atomic E-state index is -0.812. The maximum atomic E-state index is 13.9. The SMILES string of the molecule is O=C(c1c(F)cccc1F)N1[C@@H]2CC[C@H]1c1snnc1C2. The highest BCUT2D eigenvalue weighted by atomic mass is 32.1. The van der Waals surface area contributed by atoms with Gasteiger partial charge in [0.2, 0.25) is 0 Å². The van der Waals surface area contributed by atoms with Crippen LogP contribution in [0.2, 0.25) is 0 Å². The maximum Gasteiger partial charge on any atom is 0.260 e. The third kappa shape index (κ3) is 1.80. The standard InChI is InChI=1S/C14H11F2N3OS/c15-8-2-1-3-9(16)12(8)14(20)19-7-4-5-11(19)13-10(6-7)17-18-21-13/h1-3,7,11H,4-6H2/t7-,11+/m1/s1. The number of hydrogen-bond donors (Lipinski definition) is 0. The lowest BCUT2D eigenvalue weighted by atomic mass is 10.0. The molecule has 2 aliphatic heterocycles. The van der Waals surface area contributed by atoms with Gasteiger partial charge in [-0.2, -0.15) is 0 Å². The second-order valence-corrected chi connectivity index (χ2v) is 6.13. The Balaban J connectivity index is 1.77. The minimum Gasteiger partial charge on any atom is -0.327 e. The van der Waals surface area contributed by atoms with E-state index in [1.807, 2.05) is 0 Å². The molecule has 2 aliphatic rings. The van der Waals surface area contributed by atoms with Gasteiger partial charge in [-0.25, -0.2) is 8.78 Å². The Kier molecular flexibility index (Phi) is 2.78. The molecule has 4 rings (SSSR count). The summed E-state index contributed by atoms with van der Waals surface area (Å²) in [6, 6.07) is 3.30. The van der Waals surface area contributed by atoms with Crippen LogP contribution in [0.1, 0.15) is 39.8 Å². The Morgan fingerprint density at radius 1 is 1.29 bits per heavy atom. The quantitative estimate of drug-likeness (QED) is 0.814. The highest BCUT2D eigenvalue weighted by Gasteiger charge is 2.45. The summed E-state index contributed by atoms with van der Waals surface area (Å²) in [7, 11) is 0. The fourth-order valence-corrected chi connectivity index (χ4v) is 4.12. The van der Waals surface area contributed by atoms with Crippen LogP contribution >= 0.6 is 11.5 Å². The molecule has 4 nitrogen and oxygen atoms in total. The first-order valence-corrected chi connectivity index (χ1v) is 7.52. The van der Waals surface area contributed by atoms with Crippen LogP contribution < -0.4 is 0 Å². The lowest BCUT2D eigenvalue weighted by Gasteiger charge is -2.33. The van der Waals surface area contributed by atoms with Crippen molar-refractivity contribution in [1.29, 1.82) is 0 Å². The summed E-state index contributed by atoms with van der Waals surface area (Å²) < 4.78 is 31.6. The van der Waals surface area contributed by atoms with Crippen LogP contribution in [0.25, 0.3) is 0 Å². The van der Waals surface area contributed by atoms with Gasteiger partial charge in [0.15, 0.2) is 0 Å². The van der Waals surface area contributed by atoms with E-state index in [0.717, 1.165) is 35.5 Å². The van der Waals surface area contributed by atoms with E-state index in [4.69, 9.17) is 0 Å². The van der Waals surface area contributed by atoms with Gasteiger partial charge in [0, 0.05) is 12.5 Å². The first-order valence-electron chi connectivity index (χ1n) is 6.74. The summed E-state index contributed by atoms with van der Waals surface area (Å²) in [6.07, 6.45) is 2.24. The average Bonchev–Trinajstić information content (AvgIpc) is 3.03. The van der Waals surface area contributed by atoms with Crippen LogP contribution in [-0.2, 0) is 6.42 Å². The predicted octanol–water partition coefficient (Wildman–Crippen LogP) is 2.72. The number of amides is 1. The van der Waals surface area contributed by atoms with E-state index in [2.05, 4.69) is 9.59 Å². The Bertz CT molecular complexity index is 713. The highest BCUT2D eigenvalue weighted by molar-refractivity contribution is 7.05. The van der Waals surface area contributed by atoms with Crippen LogP contribution in [0.3, 0.4) is 0 Å². The zero-order valence-electron chi connectivity index (χ0n) is 10.9. The molecule has 0 unspecified atom stereocenters. The Morgan fingerprint density at radius 2 is 2.05 bits per heavy atom.